The van der Waals surface area contributed by atoms with Crippen LogP contribution in [0.1, 0.15) is 42.0 Å². The second-order valence-electron chi connectivity index (χ2n) is 7.92. The van der Waals surface area contributed by atoms with Gasteiger partial charge in [0.05, 0.1) is 5.56 Å². The molecule has 0 heterocycles. The van der Waals surface area contributed by atoms with Crippen LogP contribution < -0.4 is 4.74 Å². The molecule has 0 atom stereocenters. The van der Waals surface area contributed by atoms with Gasteiger partial charge >= 0.3 is 6.36 Å². The van der Waals surface area contributed by atoms with Crippen molar-refractivity contribution >= 4 is 11.6 Å². The molecule has 4 rings (SSSR count). The molecule has 0 spiro atoms. The highest BCUT2D eigenvalue weighted by Crippen LogP contribution is 2.38. The van der Waals surface area contributed by atoms with Crippen LogP contribution in [0.3, 0.4) is 0 Å². The van der Waals surface area contributed by atoms with Crippen molar-refractivity contribution in [3.8, 4) is 16.9 Å². The van der Waals surface area contributed by atoms with E-state index in [0.717, 1.165) is 30.0 Å². The molecule has 3 aromatic rings. The van der Waals surface area contributed by atoms with Crippen LogP contribution >= 0.6 is 0 Å². The van der Waals surface area contributed by atoms with Crippen molar-refractivity contribution in [2.45, 2.75) is 39.0 Å². The van der Waals surface area contributed by atoms with Gasteiger partial charge in [-0.2, -0.15) is 0 Å². The van der Waals surface area contributed by atoms with Gasteiger partial charge in [-0.1, -0.05) is 49.8 Å². The number of allylic oxidation sites excluding steroid dienone is 1. The largest absolute Gasteiger partial charge is 0.573 e. The Morgan fingerprint density at radius 1 is 0.848 bits per heavy atom. The number of hydrogen-bond acceptors (Lipinski definition) is 1. The van der Waals surface area contributed by atoms with Gasteiger partial charge in [-0.25, -0.2) is 13.2 Å². The lowest BCUT2D eigenvalue weighted by molar-refractivity contribution is -0.275. The maximum atomic E-state index is 15.3. The summed E-state index contributed by atoms with van der Waals surface area (Å²) >= 11 is 0. The van der Waals surface area contributed by atoms with E-state index in [1.54, 1.807) is 6.08 Å². The van der Waals surface area contributed by atoms with Crippen molar-refractivity contribution in [2.75, 3.05) is 0 Å². The Hall–Kier alpha value is -3.22. The summed E-state index contributed by atoms with van der Waals surface area (Å²) in [4.78, 5) is 0. The standard InChI is InChI=1S/C26H20F6O/c1-2-3-15-4-6-16(7-5-15)17-8-10-20-19(12-17)14-22(28)24(25(20)29)18-9-11-23(21(27)13-18)33-26(30,31)32/h4-7,9,11-14H,2-3,8,10H2,1H3. The number of benzene rings is 3. The van der Waals surface area contributed by atoms with Gasteiger partial charge in [-0.15, -0.1) is 13.2 Å². The predicted octanol–water partition coefficient (Wildman–Crippen LogP) is 8.11. The molecule has 0 saturated heterocycles. The highest BCUT2D eigenvalue weighted by atomic mass is 19.4. The molecule has 33 heavy (non-hydrogen) atoms. The quantitative estimate of drug-likeness (QED) is 0.348. The van der Waals surface area contributed by atoms with Gasteiger partial charge in [0.15, 0.2) is 11.6 Å². The first-order valence-corrected chi connectivity index (χ1v) is 10.5. The Morgan fingerprint density at radius 2 is 1.55 bits per heavy atom. The van der Waals surface area contributed by atoms with Gasteiger partial charge in [-0.05, 0) is 70.9 Å². The first-order chi connectivity index (χ1) is 15.7. The number of aryl methyl sites for hydroxylation is 1. The summed E-state index contributed by atoms with van der Waals surface area (Å²) in [6.45, 7) is 2.10. The first-order valence-electron chi connectivity index (χ1n) is 10.5. The van der Waals surface area contributed by atoms with Gasteiger partial charge in [-0.3, -0.25) is 0 Å². The monoisotopic (exact) mass is 462 g/mol. The summed E-state index contributed by atoms with van der Waals surface area (Å²) < 4.78 is 84.9. The third-order valence-electron chi connectivity index (χ3n) is 5.64. The van der Waals surface area contributed by atoms with Crippen LogP contribution in [0.15, 0.2) is 48.5 Å². The molecule has 0 fully saturated rings. The SMILES string of the molecule is CCCc1ccc(C2=Cc3cc(F)c(-c4ccc(OC(F)(F)F)c(F)c4)c(F)c3CC2)cc1. The second-order valence-corrected chi connectivity index (χ2v) is 7.92. The van der Waals surface area contributed by atoms with E-state index >= 15 is 4.39 Å². The molecule has 1 nitrogen and oxygen atoms in total. The Labute approximate surface area is 187 Å². The van der Waals surface area contributed by atoms with E-state index in [1.165, 1.54) is 11.6 Å². The van der Waals surface area contributed by atoms with Crippen LogP contribution in [0.4, 0.5) is 26.3 Å². The fraction of sp³-hybridized carbons (Fsp3) is 0.231. The molecule has 7 heteroatoms. The van der Waals surface area contributed by atoms with E-state index in [-0.39, 0.29) is 11.1 Å². The number of ether oxygens (including phenoxy) is 1. The van der Waals surface area contributed by atoms with Crippen LogP contribution in [0, 0.1) is 17.5 Å². The number of rotatable bonds is 5. The predicted molar refractivity (Wildman–Crippen MR) is 115 cm³/mol. The Balaban J connectivity index is 1.68. The molecule has 0 amide bonds. The van der Waals surface area contributed by atoms with Crippen molar-refractivity contribution in [3.05, 3.63) is 88.2 Å². The number of alkyl halides is 3. The topological polar surface area (TPSA) is 9.23 Å². The van der Waals surface area contributed by atoms with Crippen LogP contribution in [0.25, 0.3) is 22.8 Å². The lowest BCUT2D eigenvalue weighted by Gasteiger charge is -2.20. The Bertz CT molecular complexity index is 1210. The van der Waals surface area contributed by atoms with Crippen molar-refractivity contribution in [3.63, 3.8) is 0 Å². The molecule has 0 unspecified atom stereocenters. The van der Waals surface area contributed by atoms with E-state index in [1.807, 2.05) is 24.3 Å². The summed E-state index contributed by atoms with van der Waals surface area (Å²) in [6, 6.07) is 11.6. The summed E-state index contributed by atoms with van der Waals surface area (Å²) in [5, 5.41) is 0. The average molecular weight is 462 g/mol. The maximum absolute atomic E-state index is 15.3. The molecular weight excluding hydrogens is 442 g/mol. The highest BCUT2D eigenvalue weighted by Gasteiger charge is 2.32. The van der Waals surface area contributed by atoms with E-state index in [2.05, 4.69) is 11.7 Å². The number of hydrogen-bond donors (Lipinski definition) is 0. The molecule has 1 aliphatic rings. The fourth-order valence-electron chi connectivity index (χ4n) is 4.11. The Kier molecular flexibility index (Phi) is 6.23. The average Bonchev–Trinajstić information content (AvgIpc) is 2.75. The first kappa shape index (κ1) is 23.0. The third kappa shape index (κ3) is 4.92. The number of fused-ring (bicyclic) bond motifs is 1. The van der Waals surface area contributed by atoms with E-state index < -0.39 is 35.1 Å². The molecule has 0 radical (unpaired) electrons. The molecule has 0 N–H and O–H groups in total. The molecule has 0 aromatic heterocycles. The van der Waals surface area contributed by atoms with Gasteiger partial charge in [0.2, 0.25) is 0 Å². The van der Waals surface area contributed by atoms with Gasteiger partial charge < -0.3 is 4.74 Å². The maximum Gasteiger partial charge on any atom is 0.573 e. The summed E-state index contributed by atoms with van der Waals surface area (Å²) in [5.41, 5.74) is 3.15. The zero-order valence-electron chi connectivity index (χ0n) is 17.7. The van der Waals surface area contributed by atoms with Crippen LogP contribution in [-0.4, -0.2) is 6.36 Å². The smallest absolute Gasteiger partial charge is 0.403 e. The molecule has 1 aliphatic carbocycles. The minimum Gasteiger partial charge on any atom is -0.403 e. The van der Waals surface area contributed by atoms with E-state index in [0.29, 0.717) is 30.5 Å². The highest BCUT2D eigenvalue weighted by molar-refractivity contribution is 5.85. The summed E-state index contributed by atoms with van der Waals surface area (Å²) in [5.74, 6) is -4.20. The summed E-state index contributed by atoms with van der Waals surface area (Å²) in [6.07, 6.45) is -0.470. The normalized spacial score (nSPS) is 13.5. The van der Waals surface area contributed by atoms with Crippen molar-refractivity contribution in [2.24, 2.45) is 0 Å². The van der Waals surface area contributed by atoms with Gasteiger partial charge in [0.25, 0.3) is 0 Å². The molecule has 0 bridgehead atoms. The van der Waals surface area contributed by atoms with Crippen molar-refractivity contribution in [1.82, 2.24) is 0 Å². The Morgan fingerprint density at radius 3 is 2.18 bits per heavy atom. The lowest BCUT2D eigenvalue weighted by Crippen LogP contribution is -2.18. The van der Waals surface area contributed by atoms with Crippen molar-refractivity contribution < 1.29 is 31.1 Å². The van der Waals surface area contributed by atoms with Gasteiger partial charge in [0, 0.05) is 0 Å². The van der Waals surface area contributed by atoms with E-state index in [9.17, 15) is 22.0 Å². The minimum atomic E-state index is -5.08. The third-order valence-corrected chi connectivity index (χ3v) is 5.64. The number of halogens is 6. The fourth-order valence-corrected chi connectivity index (χ4v) is 4.11. The zero-order chi connectivity index (χ0) is 23.8. The minimum absolute atomic E-state index is 0.207. The van der Waals surface area contributed by atoms with Gasteiger partial charge in [0.1, 0.15) is 11.6 Å². The molecule has 0 saturated carbocycles. The van der Waals surface area contributed by atoms with Crippen LogP contribution in [0.2, 0.25) is 0 Å². The lowest BCUT2D eigenvalue weighted by atomic mass is 9.86. The molecular formula is C26H20F6O. The second kappa shape index (κ2) is 8.96. The van der Waals surface area contributed by atoms with E-state index in [4.69, 9.17) is 0 Å². The van der Waals surface area contributed by atoms with Crippen LogP contribution in [-0.2, 0) is 12.8 Å². The zero-order valence-corrected chi connectivity index (χ0v) is 17.7. The molecule has 0 aliphatic heterocycles. The van der Waals surface area contributed by atoms with Crippen LogP contribution in [0.5, 0.6) is 5.75 Å². The van der Waals surface area contributed by atoms with Crippen molar-refractivity contribution in [1.29, 1.82) is 0 Å². The molecule has 172 valence electrons. The summed E-state index contributed by atoms with van der Waals surface area (Å²) in [7, 11) is 0. The molecule has 3 aromatic carbocycles.